The Hall–Kier alpha value is -0.850. The van der Waals surface area contributed by atoms with Crippen molar-refractivity contribution in [2.24, 2.45) is 0 Å². The number of hydrogen-bond acceptors (Lipinski definition) is 4. The van der Waals surface area contributed by atoms with Gasteiger partial charge in [-0.1, -0.05) is 11.6 Å². The van der Waals surface area contributed by atoms with Crippen molar-refractivity contribution < 1.29 is 18.3 Å². The fourth-order valence-corrected chi connectivity index (χ4v) is 2.12. The molecule has 76 valence electrons. The van der Waals surface area contributed by atoms with E-state index in [1.807, 2.05) is 0 Å². The van der Waals surface area contributed by atoms with Crippen molar-refractivity contribution >= 4 is 37.3 Å². The number of nitrogens with zero attached hydrogens (tertiary/aromatic N) is 1. The summed E-state index contributed by atoms with van der Waals surface area (Å²) in [6.07, 6.45) is 0.941. The first kappa shape index (κ1) is 11.2. The topological polar surface area (TPSA) is 84.3 Å². The molecule has 0 bridgehead atoms. The van der Waals surface area contributed by atoms with Gasteiger partial charge in [-0.2, -0.15) is 0 Å². The second-order valence-electron chi connectivity index (χ2n) is 2.26. The van der Waals surface area contributed by atoms with Gasteiger partial charge in [0.1, 0.15) is 10.0 Å². The number of hydrogen-bond donors (Lipinski definition) is 1. The molecule has 0 radical (unpaired) electrons. The van der Waals surface area contributed by atoms with Crippen molar-refractivity contribution in [1.82, 2.24) is 4.98 Å². The van der Waals surface area contributed by atoms with Crippen molar-refractivity contribution in [3.63, 3.8) is 0 Å². The highest BCUT2D eigenvalue weighted by Gasteiger charge is 2.18. The molecule has 0 aliphatic heterocycles. The van der Waals surface area contributed by atoms with Crippen LogP contribution in [0.1, 0.15) is 10.4 Å². The van der Waals surface area contributed by atoms with Crippen molar-refractivity contribution in [3.8, 4) is 0 Å². The summed E-state index contributed by atoms with van der Waals surface area (Å²) in [5, 5.41) is 8.19. The van der Waals surface area contributed by atoms with E-state index in [1.165, 1.54) is 0 Å². The number of halogens is 2. The Morgan fingerprint density at radius 1 is 1.50 bits per heavy atom. The van der Waals surface area contributed by atoms with E-state index in [0.29, 0.717) is 0 Å². The van der Waals surface area contributed by atoms with Gasteiger partial charge in [0, 0.05) is 16.9 Å². The van der Waals surface area contributed by atoms with Crippen molar-refractivity contribution in [3.05, 3.63) is 23.0 Å². The lowest BCUT2D eigenvalue weighted by atomic mass is 10.3. The molecule has 0 fully saturated rings. The molecule has 1 aromatic rings. The number of aromatic nitrogens is 1. The van der Waals surface area contributed by atoms with Crippen LogP contribution in [0.15, 0.2) is 17.2 Å². The summed E-state index contributed by atoms with van der Waals surface area (Å²) in [6.45, 7) is 0. The minimum absolute atomic E-state index is 0.298. The van der Waals surface area contributed by atoms with Gasteiger partial charge < -0.3 is 5.11 Å². The van der Waals surface area contributed by atoms with Gasteiger partial charge in [-0.25, -0.2) is 18.2 Å². The van der Waals surface area contributed by atoms with E-state index in [-0.39, 0.29) is 10.7 Å². The third kappa shape index (κ3) is 2.34. The molecular formula is C6H3Cl2NO4S. The molecule has 0 saturated carbocycles. The lowest BCUT2D eigenvalue weighted by molar-refractivity contribution is 0.0696. The van der Waals surface area contributed by atoms with Crippen LogP contribution in [0.2, 0.25) is 5.15 Å². The van der Waals surface area contributed by atoms with Gasteiger partial charge in [0.25, 0.3) is 9.05 Å². The van der Waals surface area contributed by atoms with Gasteiger partial charge in [0.15, 0.2) is 0 Å². The Kier molecular flexibility index (Phi) is 2.98. The first-order chi connectivity index (χ1) is 6.32. The van der Waals surface area contributed by atoms with Crippen LogP contribution in [0.5, 0.6) is 0 Å². The van der Waals surface area contributed by atoms with E-state index >= 15 is 0 Å². The van der Waals surface area contributed by atoms with Crippen LogP contribution in [-0.4, -0.2) is 24.5 Å². The predicted molar refractivity (Wildman–Crippen MR) is 49.2 cm³/mol. The third-order valence-corrected chi connectivity index (χ3v) is 3.07. The highest BCUT2D eigenvalue weighted by molar-refractivity contribution is 8.13. The maximum atomic E-state index is 10.9. The van der Waals surface area contributed by atoms with Crippen LogP contribution in [0.3, 0.4) is 0 Å². The Labute approximate surface area is 88.7 Å². The Morgan fingerprint density at radius 2 is 2.07 bits per heavy atom. The van der Waals surface area contributed by atoms with Gasteiger partial charge in [-0.05, 0) is 6.07 Å². The molecule has 0 atom stereocenters. The number of pyridine rings is 1. The minimum Gasteiger partial charge on any atom is -0.478 e. The standard InChI is InChI=1S/C6H3Cl2NO4S/c7-5-4(14(8,12)13)1-3(2-9-5)6(10)11/h1-2H,(H,10,11). The molecule has 0 aliphatic carbocycles. The van der Waals surface area contributed by atoms with Gasteiger partial charge in [0.05, 0.1) is 5.56 Å². The summed E-state index contributed by atoms with van der Waals surface area (Å²) < 4.78 is 21.8. The first-order valence-corrected chi connectivity index (χ1v) is 5.84. The summed E-state index contributed by atoms with van der Waals surface area (Å²) in [5.74, 6) is -1.31. The molecule has 0 aromatic carbocycles. The van der Waals surface area contributed by atoms with E-state index in [2.05, 4.69) is 4.98 Å². The summed E-state index contributed by atoms with van der Waals surface area (Å²) in [7, 11) is 0.920. The molecule has 0 saturated heterocycles. The highest BCUT2D eigenvalue weighted by Crippen LogP contribution is 2.23. The van der Waals surface area contributed by atoms with Crippen LogP contribution in [0, 0.1) is 0 Å². The van der Waals surface area contributed by atoms with Crippen molar-refractivity contribution in [2.45, 2.75) is 4.90 Å². The Bertz CT molecular complexity index is 485. The molecule has 5 nitrogen and oxygen atoms in total. The molecule has 1 N–H and O–H groups in total. The number of carboxylic acid groups (broad SMARTS) is 1. The smallest absolute Gasteiger partial charge is 0.337 e. The third-order valence-electron chi connectivity index (χ3n) is 1.32. The highest BCUT2D eigenvalue weighted by atomic mass is 35.7. The SMILES string of the molecule is O=C(O)c1cnc(Cl)c(S(=O)(=O)Cl)c1. The van der Waals surface area contributed by atoms with E-state index in [1.54, 1.807) is 0 Å². The lowest BCUT2D eigenvalue weighted by Gasteiger charge is -1.99. The van der Waals surface area contributed by atoms with Crippen molar-refractivity contribution in [1.29, 1.82) is 0 Å². The van der Waals surface area contributed by atoms with E-state index in [9.17, 15) is 13.2 Å². The van der Waals surface area contributed by atoms with Crippen LogP contribution < -0.4 is 0 Å². The zero-order valence-electron chi connectivity index (χ0n) is 6.44. The van der Waals surface area contributed by atoms with Crippen molar-refractivity contribution in [2.75, 3.05) is 0 Å². The molecule has 0 unspecified atom stereocenters. The Balaban J connectivity index is 3.44. The number of carbonyl (C=O) groups is 1. The van der Waals surface area contributed by atoms with E-state index < -0.39 is 19.9 Å². The molecule has 8 heteroatoms. The van der Waals surface area contributed by atoms with E-state index in [4.69, 9.17) is 27.4 Å². The number of rotatable bonds is 2. The summed E-state index contributed by atoms with van der Waals surface area (Å²) in [5.41, 5.74) is -0.298. The molecule has 0 aliphatic rings. The molecule has 0 spiro atoms. The molecule has 1 aromatic heterocycles. The summed E-state index contributed by atoms with van der Waals surface area (Å²) in [4.78, 5) is 13.3. The monoisotopic (exact) mass is 255 g/mol. The fourth-order valence-electron chi connectivity index (χ4n) is 0.716. The first-order valence-electron chi connectivity index (χ1n) is 3.16. The van der Waals surface area contributed by atoms with Gasteiger partial charge in [0.2, 0.25) is 0 Å². The molecule has 0 amide bonds. The zero-order chi connectivity index (χ0) is 10.9. The largest absolute Gasteiger partial charge is 0.478 e. The molecule has 1 rings (SSSR count). The molecule has 14 heavy (non-hydrogen) atoms. The maximum absolute atomic E-state index is 10.9. The second kappa shape index (κ2) is 3.72. The summed E-state index contributed by atoms with van der Waals surface area (Å²) >= 11 is 5.42. The van der Waals surface area contributed by atoms with Crippen LogP contribution in [-0.2, 0) is 9.05 Å². The number of carboxylic acids is 1. The van der Waals surface area contributed by atoms with Gasteiger partial charge in [-0.3, -0.25) is 0 Å². The molecule has 1 heterocycles. The average Bonchev–Trinajstić information content (AvgIpc) is 2.02. The van der Waals surface area contributed by atoms with Crippen LogP contribution in [0.4, 0.5) is 0 Å². The predicted octanol–water partition coefficient (Wildman–Crippen LogP) is 1.36. The lowest BCUT2D eigenvalue weighted by Crippen LogP contribution is -2.01. The van der Waals surface area contributed by atoms with Gasteiger partial charge >= 0.3 is 5.97 Å². The zero-order valence-corrected chi connectivity index (χ0v) is 8.77. The number of aromatic carboxylic acids is 1. The second-order valence-corrected chi connectivity index (χ2v) is 5.15. The summed E-state index contributed by atoms with van der Waals surface area (Å²) in [6, 6.07) is 0.847. The molecular weight excluding hydrogens is 253 g/mol. The quantitative estimate of drug-likeness (QED) is 0.637. The minimum atomic E-state index is -4.08. The maximum Gasteiger partial charge on any atom is 0.337 e. The van der Waals surface area contributed by atoms with Crippen LogP contribution >= 0.6 is 22.3 Å². The Morgan fingerprint density at radius 3 is 2.50 bits per heavy atom. The fraction of sp³-hybridized carbons (Fsp3) is 0. The van der Waals surface area contributed by atoms with E-state index in [0.717, 1.165) is 12.3 Å². The average molecular weight is 256 g/mol. The van der Waals surface area contributed by atoms with Gasteiger partial charge in [-0.15, -0.1) is 0 Å². The van der Waals surface area contributed by atoms with Crippen LogP contribution in [0.25, 0.3) is 0 Å². The normalized spacial score (nSPS) is 11.3.